The zero-order valence-electron chi connectivity index (χ0n) is 7.76. The minimum Gasteiger partial charge on any atom is -0.508 e. The number of rotatable bonds is 1. The van der Waals surface area contributed by atoms with Crippen molar-refractivity contribution in [3.63, 3.8) is 0 Å². The van der Waals surface area contributed by atoms with E-state index in [1.54, 1.807) is 6.07 Å². The summed E-state index contributed by atoms with van der Waals surface area (Å²) >= 11 is 0. The van der Waals surface area contributed by atoms with Crippen LogP contribution in [0.3, 0.4) is 0 Å². The van der Waals surface area contributed by atoms with E-state index in [1.165, 1.54) is 5.56 Å². The number of phenolic OH excluding ortho intramolecular Hbond substituents is 1. The molecular weight excluding hydrogens is 150 g/mol. The molecule has 0 spiro atoms. The molecule has 1 atom stereocenters. The topological polar surface area (TPSA) is 46.2 Å². The monoisotopic (exact) mass is 165 g/mol. The SMILES string of the molecule is Cc1cc(O)c([C@H](C)N)cc1C. The summed E-state index contributed by atoms with van der Waals surface area (Å²) in [5.74, 6) is 0.299. The highest BCUT2D eigenvalue weighted by Crippen LogP contribution is 2.25. The second kappa shape index (κ2) is 3.15. The molecule has 0 radical (unpaired) electrons. The number of benzene rings is 1. The molecular formula is C10H15NO. The molecule has 0 fully saturated rings. The Morgan fingerprint density at radius 1 is 1.25 bits per heavy atom. The first-order valence-electron chi connectivity index (χ1n) is 4.08. The number of phenols is 1. The lowest BCUT2D eigenvalue weighted by atomic mass is 10.0. The smallest absolute Gasteiger partial charge is 0.120 e. The average Bonchev–Trinajstić information content (AvgIpc) is 1.96. The van der Waals surface area contributed by atoms with Crippen molar-refractivity contribution < 1.29 is 5.11 Å². The van der Waals surface area contributed by atoms with Crippen molar-refractivity contribution in [3.8, 4) is 5.75 Å². The van der Waals surface area contributed by atoms with Crippen molar-refractivity contribution in [1.82, 2.24) is 0 Å². The molecule has 0 saturated heterocycles. The van der Waals surface area contributed by atoms with Gasteiger partial charge in [-0.2, -0.15) is 0 Å². The minimum atomic E-state index is -0.107. The van der Waals surface area contributed by atoms with Crippen LogP contribution < -0.4 is 5.73 Å². The number of hydrogen-bond donors (Lipinski definition) is 2. The summed E-state index contributed by atoms with van der Waals surface area (Å²) in [5.41, 5.74) is 8.75. The second-order valence-corrected chi connectivity index (χ2v) is 3.28. The number of nitrogens with two attached hydrogens (primary N) is 1. The van der Waals surface area contributed by atoms with Gasteiger partial charge in [-0.25, -0.2) is 0 Å². The first-order valence-corrected chi connectivity index (χ1v) is 4.08. The van der Waals surface area contributed by atoms with Crippen LogP contribution in [0.2, 0.25) is 0 Å². The summed E-state index contributed by atoms with van der Waals surface area (Å²) in [5, 5.41) is 9.51. The first kappa shape index (κ1) is 9.07. The zero-order valence-corrected chi connectivity index (χ0v) is 7.76. The largest absolute Gasteiger partial charge is 0.508 e. The average molecular weight is 165 g/mol. The summed E-state index contributed by atoms with van der Waals surface area (Å²) in [6.07, 6.45) is 0. The van der Waals surface area contributed by atoms with E-state index in [4.69, 9.17) is 5.73 Å². The van der Waals surface area contributed by atoms with Crippen LogP contribution in [0.25, 0.3) is 0 Å². The van der Waals surface area contributed by atoms with Crippen LogP contribution >= 0.6 is 0 Å². The lowest BCUT2D eigenvalue weighted by molar-refractivity contribution is 0.463. The fourth-order valence-electron chi connectivity index (χ4n) is 1.19. The maximum atomic E-state index is 9.51. The van der Waals surface area contributed by atoms with E-state index in [0.717, 1.165) is 11.1 Å². The van der Waals surface area contributed by atoms with E-state index in [1.807, 2.05) is 26.8 Å². The molecule has 0 aliphatic carbocycles. The molecule has 0 aliphatic heterocycles. The molecule has 0 bridgehead atoms. The van der Waals surface area contributed by atoms with E-state index < -0.39 is 0 Å². The minimum absolute atomic E-state index is 0.107. The molecule has 3 N–H and O–H groups in total. The summed E-state index contributed by atoms with van der Waals surface area (Å²) in [6, 6.07) is 3.59. The molecule has 2 heteroatoms. The van der Waals surface area contributed by atoms with E-state index in [0.29, 0.717) is 5.75 Å². The summed E-state index contributed by atoms with van der Waals surface area (Å²) in [4.78, 5) is 0. The fraction of sp³-hybridized carbons (Fsp3) is 0.400. The maximum Gasteiger partial charge on any atom is 0.120 e. The molecule has 2 nitrogen and oxygen atoms in total. The Morgan fingerprint density at radius 2 is 1.75 bits per heavy atom. The van der Waals surface area contributed by atoms with Gasteiger partial charge < -0.3 is 10.8 Å². The molecule has 0 heterocycles. The quantitative estimate of drug-likeness (QED) is 0.668. The van der Waals surface area contributed by atoms with Gasteiger partial charge in [0.05, 0.1) is 0 Å². The van der Waals surface area contributed by atoms with Gasteiger partial charge in [0.25, 0.3) is 0 Å². The number of hydrogen-bond acceptors (Lipinski definition) is 2. The predicted molar refractivity (Wildman–Crippen MR) is 50.2 cm³/mol. The number of aryl methyl sites for hydroxylation is 2. The predicted octanol–water partition coefficient (Wildman–Crippen LogP) is 2.03. The van der Waals surface area contributed by atoms with Crippen molar-refractivity contribution >= 4 is 0 Å². The fourth-order valence-corrected chi connectivity index (χ4v) is 1.19. The summed E-state index contributed by atoms with van der Waals surface area (Å²) in [6.45, 7) is 5.85. The van der Waals surface area contributed by atoms with E-state index in [-0.39, 0.29) is 6.04 Å². The van der Waals surface area contributed by atoms with Crippen molar-refractivity contribution in [2.75, 3.05) is 0 Å². The lowest BCUT2D eigenvalue weighted by Crippen LogP contribution is -2.05. The van der Waals surface area contributed by atoms with Crippen LogP contribution in [0.15, 0.2) is 12.1 Å². The van der Waals surface area contributed by atoms with Gasteiger partial charge in [-0.05, 0) is 38.0 Å². The van der Waals surface area contributed by atoms with Crippen LogP contribution in [-0.4, -0.2) is 5.11 Å². The highest BCUT2D eigenvalue weighted by Gasteiger charge is 2.07. The van der Waals surface area contributed by atoms with Gasteiger partial charge in [0.1, 0.15) is 5.75 Å². The molecule has 66 valence electrons. The van der Waals surface area contributed by atoms with Crippen molar-refractivity contribution in [2.45, 2.75) is 26.8 Å². The Morgan fingerprint density at radius 3 is 2.25 bits per heavy atom. The molecule has 0 unspecified atom stereocenters. The third kappa shape index (κ3) is 1.59. The summed E-state index contributed by atoms with van der Waals surface area (Å²) in [7, 11) is 0. The highest BCUT2D eigenvalue weighted by atomic mass is 16.3. The maximum absolute atomic E-state index is 9.51. The molecule has 0 aliphatic rings. The number of aromatic hydroxyl groups is 1. The van der Waals surface area contributed by atoms with Crippen molar-refractivity contribution in [1.29, 1.82) is 0 Å². The molecule has 12 heavy (non-hydrogen) atoms. The van der Waals surface area contributed by atoms with E-state index in [9.17, 15) is 5.11 Å². The molecule has 0 amide bonds. The lowest BCUT2D eigenvalue weighted by Gasteiger charge is -2.10. The van der Waals surface area contributed by atoms with E-state index in [2.05, 4.69) is 0 Å². The van der Waals surface area contributed by atoms with Gasteiger partial charge in [-0.15, -0.1) is 0 Å². The van der Waals surface area contributed by atoms with Gasteiger partial charge in [0, 0.05) is 11.6 Å². The third-order valence-electron chi connectivity index (χ3n) is 2.13. The Hall–Kier alpha value is -1.02. The molecule has 1 aromatic rings. The molecule has 1 rings (SSSR count). The molecule has 0 saturated carbocycles. The van der Waals surface area contributed by atoms with Crippen LogP contribution in [-0.2, 0) is 0 Å². The van der Waals surface area contributed by atoms with Gasteiger partial charge in [0.15, 0.2) is 0 Å². The molecule has 1 aromatic carbocycles. The van der Waals surface area contributed by atoms with Crippen LogP contribution in [0.4, 0.5) is 0 Å². The Bertz CT molecular complexity index is 292. The Labute approximate surface area is 73.0 Å². The van der Waals surface area contributed by atoms with Crippen molar-refractivity contribution in [3.05, 3.63) is 28.8 Å². The van der Waals surface area contributed by atoms with Gasteiger partial charge >= 0.3 is 0 Å². The standard InChI is InChI=1S/C10H15NO/c1-6-4-9(8(3)11)10(12)5-7(6)2/h4-5,8,12H,11H2,1-3H3/t8-/m0/s1. The van der Waals surface area contributed by atoms with Crippen LogP contribution in [0.5, 0.6) is 5.75 Å². The Balaban J connectivity index is 3.23. The normalized spacial score (nSPS) is 13.0. The first-order chi connectivity index (χ1) is 5.52. The van der Waals surface area contributed by atoms with Crippen LogP contribution in [0.1, 0.15) is 29.7 Å². The van der Waals surface area contributed by atoms with E-state index >= 15 is 0 Å². The third-order valence-corrected chi connectivity index (χ3v) is 2.13. The Kier molecular flexibility index (Phi) is 2.38. The van der Waals surface area contributed by atoms with Crippen molar-refractivity contribution in [2.24, 2.45) is 5.73 Å². The second-order valence-electron chi connectivity index (χ2n) is 3.28. The molecule has 0 aromatic heterocycles. The van der Waals surface area contributed by atoms with Gasteiger partial charge in [0.2, 0.25) is 0 Å². The highest BCUT2D eigenvalue weighted by molar-refractivity contribution is 5.42. The van der Waals surface area contributed by atoms with Crippen LogP contribution in [0, 0.1) is 13.8 Å². The van der Waals surface area contributed by atoms with Gasteiger partial charge in [-0.1, -0.05) is 6.07 Å². The van der Waals surface area contributed by atoms with Gasteiger partial charge in [-0.3, -0.25) is 0 Å². The zero-order chi connectivity index (χ0) is 9.30. The summed E-state index contributed by atoms with van der Waals surface area (Å²) < 4.78 is 0.